The number of aromatic nitrogens is 3. The van der Waals surface area contributed by atoms with Gasteiger partial charge in [0.15, 0.2) is 5.76 Å². The molecule has 0 aliphatic rings. The van der Waals surface area contributed by atoms with Gasteiger partial charge >= 0.3 is 7.75 Å². The molecule has 9 nitrogen and oxygen atoms in total. The summed E-state index contributed by atoms with van der Waals surface area (Å²) < 4.78 is 27.3. The first kappa shape index (κ1) is 20.7. The molecule has 4 rings (SSSR count). The molecule has 3 heterocycles. The van der Waals surface area contributed by atoms with Gasteiger partial charge in [0.05, 0.1) is 11.3 Å². The van der Waals surface area contributed by atoms with Crippen LogP contribution < -0.4 is 14.8 Å². The predicted octanol–water partition coefficient (Wildman–Crippen LogP) is 3.74. The van der Waals surface area contributed by atoms with Gasteiger partial charge in [0.2, 0.25) is 11.8 Å². The number of hydrogen-bond acceptors (Lipinski definition) is 7. The van der Waals surface area contributed by atoms with Gasteiger partial charge in [0.25, 0.3) is 0 Å². The van der Waals surface area contributed by atoms with Crippen LogP contribution in [0.1, 0.15) is 16.8 Å². The lowest BCUT2D eigenvalue weighted by Crippen LogP contribution is -2.02. The summed E-state index contributed by atoms with van der Waals surface area (Å²) in [5.74, 6) is 0.829. The first-order valence-corrected chi connectivity index (χ1v) is 10.9. The molecule has 31 heavy (non-hydrogen) atoms. The van der Waals surface area contributed by atoms with Crippen LogP contribution in [0.5, 0.6) is 11.8 Å². The monoisotopic (exact) mass is 438 g/mol. The number of benzene rings is 1. The Hall–Kier alpha value is -3.52. The minimum absolute atomic E-state index is 0.101. The minimum atomic E-state index is -4.25. The van der Waals surface area contributed by atoms with Gasteiger partial charge in [-0.2, -0.15) is 0 Å². The molecule has 0 fully saturated rings. The molecule has 1 atom stereocenters. The second kappa shape index (κ2) is 9.09. The largest absolute Gasteiger partial charge is 0.473 e. The van der Waals surface area contributed by atoms with E-state index in [9.17, 15) is 9.46 Å². The molecule has 0 amide bonds. The molecule has 0 bridgehead atoms. The van der Waals surface area contributed by atoms with E-state index in [1.165, 1.54) is 6.20 Å². The van der Waals surface area contributed by atoms with Crippen molar-refractivity contribution in [1.29, 1.82) is 0 Å². The average Bonchev–Trinajstić information content (AvgIpc) is 3.21. The summed E-state index contributed by atoms with van der Waals surface area (Å²) in [7, 11) is -4.25. The second-order valence-electron chi connectivity index (χ2n) is 6.64. The van der Waals surface area contributed by atoms with Gasteiger partial charge in [-0.1, -0.05) is 35.5 Å². The summed E-state index contributed by atoms with van der Waals surface area (Å²) in [6.07, 6.45) is 3.64. The summed E-state index contributed by atoms with van der Waals surface area (Å²) in [6, 6.07) is 18.5. The van der Waals surface area contributed by atoms with Crippen molar-refractivity contribution in [3.05, 3.63) is 89.9 Å². The third-order valence-electron chi connectivity index (χ3n) is 4.25. The lowest BCUT2D eigenvalue weighted by atomic mass is 10.1. The first-order valence-electron chi connectivity index (χ1n) is 9.30. The summed E-state index contributed by atoms with van der Waals surface area (Å²) >= 11 is 0. The maximum absolute atomic E-state index is 11.4. The van der Waals surface area contributed by atoms with Gasteiger partial charge in [0.1, 0.15) is 6.61 Å². The third-order valence-corrected chi connectivity index (χ3v) is 4.68. The highest BCUT2D eigenvalue weighted by Crippen LogP contribution is 2.38. The number of ether oxygens (including phenoxy) is 1. The quantitative estimate of drug-likeness (QED) is 0.395. The Morgan fingerprint density at radius 2 is 1.77 bits per heavy atom. The molecule has 158 valence electrons. The van der Waals surface area contributed by atoms with Crippen molar-refractivity contribution < 1.29 is 23.2 Å². The fourth-order valence-electron chi connectivity index (χ4n) is 2.85. The van der Waals surface area contributed by atoms with E-state index in [1.807, 2.05) is 42.5 Å². The SMILES string of the molecule is NP(=O)(O)Oc1ncccc1-c1cc(Cc2ccc(COc3ccccn3)cc2)no1. The average molecular weight is 438 g/mol. The highest BCUT2D eigenvalue weighted by atomic mass is 31.2. The zero-order valence-corrected chi connectivity index (χ0v) is 17.2. The van der Waals surface area contributed by atoms with Crippen molar-refractivity contribution in [1.82, 2.24) is 15.1 Å². The van der Waals surface area contributed by atoms with Crippen molar-refractivity contribution in [2.45, 2.75) is 13.0 Å². The van der Waals surface area contributed by atoms with Crippen molar-refractivity contribution >= 4 is 7.75 Å². The molecule has 1 unspecified atom stereocenters. The van der Waals surface area contributed by atoms with E-state index in [4.69, 9.17) is 19.3 Å². The number of pyridine rings is 2. The fraction of sp³-hybridized carbons (Fsp3) is 0.0952. The lowest BCUT2D eigenvalue weighted by molar-refractivity contribution is 0.294. The van der Waals surface area contributed by atoms with E-state index in [0.29, 0.717) is 35.9 Å². The topological polar surface area (TPSA) is 134 Å². The van der Waals surface area contributed by atoms with Crippen LogP contribution in [0, 0.1) is 0 Å². The standard InChI is InChI=1S/C21H19N4O5P/c22-31(26,27)30-21-18(4-3-11-24-21)19-13-17(25-29-19)12-15-6-8-16(9-7-15)14-28-20-5-1-2-10-23-20/h1-11,13H,12,14H2,(H3,22,26,27). The van der Waals surface area contributed by atoms with E-state index in [-0.39, 0.29) is 5.88 Å². The van der Waals surface area contributed by atoms with Crippen LogP contribution >= 0.6 is 7.75 Å². The van der Waals surface area contributed by atoms with E-state index >= 15 is 0 Å². The van der Waals surface area contributed by atoms with E-state index in [1.54, 1.807) is 24.4 Å². The molecule has 0 aliphatic carbocycles. The summed E-state index contributed by atoms with van der Waals surface area (Å²) in [6.45, 7) is 0.422. The van der Waals surface area contributed by atoms with Gasteiger partial charge in [-0.3, -0.25) is 0 Å². The highest BCUT2D eigenvalue weighted by Gasteiger charge is 2.20. The zero-order valence-electron chi connectivity index (χ0n) is 16.3. The molecular weight excluding hydrogens is 419 g/mol. The Bertz CT molecular complexity index is 1190. The van der Waals surface area contributed by atoms with Gasteiger partial charge in [-0.25, -0.2) is 20.0 Å². The van der Waals surface area contributed by atoms with Crippen molar-refractivity contribution in [3.8, 4) is 23.1 Å². The van der Waals surface area contributed by atoms with Gasteiger partial charge in [-0.05, 0) is 29.3 Å². The molecule has 0 aliphatic heterocycles. The Morgan fingerprint density at radius 1 is 1.00 bits per heavy atom. The molecule has 10 heteroatoms. The van der Waals surface area contributed by atoms with Crippen molar-refractivity contribution in [2.24, 2.45) is 5.50 Å². The molecule has 3 aromatic heterocycles. The first-order chi connectivity index (χ1) is 15.0. The van der Waals surface area contributed by atoms with Crippen LogP contribution in [0.4, 0.5) is 0 Å². The zero-order chi connectivity index (χ0) is 21.7. The second-order valence-corrected chi connectivity index (χ2v) is 7.95. The molecule has 0 radical (unpaired) electrons. The molecule has 4 aromatic rings. The number of rotatable bonds is 8. The lowest BCUT2D eigenvalue weighted by Gasteiger charge is -2.09. The number of nitrogens with zero attached hydrogens (tertiary/aromatic N) is 3. The highest BCUT2D eigenvalue weighted by molar-refractivity contribution is 7.50. The Labute approximate surface area is 178 Å². The summed E-state index contributed by atoms with van der Waals surface area (Å²) in [5, 5.41) is 4.07. The van der Waals surface area contributed by atoms with Crippen LogP contribution in [0.3, 0.4) is 0 Å². The normalized spacial score (nSPS) is 12.8. The van der Waals surface area contributed by atoms with E-state index < -0.39 is 7.75 Å². The maximum atomic E-state index is 11.4. The Balaban J connectivity index is 1.42. The van der Waals surface area contributed by atoms with Crippen LogP contribution in [0.2, 0.25) is 0 Å². The third kappa shape index (κ3) is 5.76. The molecule has 1 aromatic carbocycles. The minimum Gasteiger partial charge on any atom is -0.473 e. The predicted molar refractivity (Wildman–Crippen MR) is 112 cm³/mol. The maximum Gasteiger partial charge on any atom is 0.454 e. The van der Waals surface area contributed by atoms with Gasteiger partial charge in [-0.15, -0.1) is 0 Å². The smallest absolute Gasteiger partial charge is 0.454 e. The number of nitrogens with two attached hydrogens (primary N) is 1. The van der Waals surface area contributed by atoms with Crippen LogP contribution in [0.25, 0.3) is 11.3 Å². The van der Waals surface area contributed by atoms with Gasteiger partial charge < -0.3 is 18.7 Å². The summed E-state index contributed by atoms with van der Waals surface area (Å²) in [4.78, 5) is 17.4. The van der Waals surface area contributed by atoms with Crippen LogP contribution in [0.15, 0.2) is 77.6 Å². The molecule has 3 N–H and O–H groups in total. The molecule has 0 saturated heterocycles. The van der Waals surface area contributed by atoms with Crippen molar-refractivity contribution in [3.63, 3.8) is 0 Å². The summed E-state index contributed by atoms with van der Waals surface area (Å²) in [5.41, 5.74) is 8.19. The molecule has 0 saturated carbocycles. The van der Waals surface area contributed by atoms with Crippen LogP contribution in [-0.4, -0.2) is 20.0 Å². The van der Waals surface area contributed by atoms with Crippen LogP contribution in [-0.2, 0) is 17.6 Å². The van der Waals surface area contributed by atoms with E-state index in [0.717, 1.165) is 11.1 Å². The number of hydrogen-bond donors (Lipinski definition) is 2. The van der Waals surface area contributed by atoms with Gasteiger partial charge in [0, 0.05) is 30.9 Å². The van der Waals surface area contributed by atoms with Crippen molar-refractivity contribution in [2.75, 3.05) is 0 Å². The Morgan fingerprint density at radius 3 is 2.52 bits per heavy atom. The molecule has 0 spiro atoms. The fourth-order valence-corrected chi connectivity index (χ4v) is 3.24. The van der Waals surface area contributed by atoms with E-state index in [2.05, 4.69) is 15.1 Å². The Kier molecular flexibility index (Phi) is 6.08. The molecular formula is C21H19N4O5P.